The van der Waals surface area contributed by atoms with Crippen molar-refractivity contribution in [1.82, 2.24) is 0 Å². The zero-order valence-electron chi connectivity index (χ0n) is 10.5. The molecule has 3 nitrogen and oxygen atoms in total. The summed E-state index contributed by atoms with van der Waals surface area (Å²) in [4.78, 5) is 11.9. The van der Waals surface area contributed by atoms with E-state index in [1.54, 1.807) is 13.2 Å². The second-order valence-electron chi connectivity index (χ2n) is 4.08. The van der Waals surface area contributed by atoms with Crippen molar-refractivity contribution in [2.24, 2.45) is 0 Å². The highest BCUT2D eigenvalue weighted by atomic mass is 79.9. The maximum absolute atomic E-state index is 11.9. The summed E-state index contributed by atoms with van der Waals surface area (Å²) in [5.41, 5.74) is 1.71. The molecule has 0 bridgehead atoms. The summed E-state index contributed by atoms with van der Waals surface area (Å²) in [6.45, 7) is 0. The van der Waals surface area contributed by atoms with Crippen LogP contribution in [0.15, 0.2) is 53.0 Å². The lowest BCUT2D eigenvalue weighted by Crippen LogP contribution is -2.14. The van der Waals surface area contributed by atoms with E-state index in [0.717, 1.165) is 21.5 Å². The normalized spacial score (nSPS) is 10.0. The molecule has 0 radical (unpaired) electrons. The lowest BCUT2D eigenvalue weighted by Gasteiger charge is -2.07. The number of carbonyl (C=O) groups is 1. The Balaban J connectivity index is 1.99. The van der Waals surface area contributed by atoms with Crippen LogP contribution in [0.1, 0.15) is 5.56 Å². The van der Waals surface area contributed by atoms with Gasteiger partial charge in [-0.05, 0) is 29.8 Å². The monoisotopic (exact) mass is 319 g/mol. The molecule has 0 aliphatic heterocycles. The number of nitrogens with one attached hydrogen (secondary N) is 1. The first-order valence-electron chi connectivity index (χ1n) is 5.86. The number of anilines is 1. The molecule has 0 saturated heterocycles. The van der Waals surface area contributed by atoms with Gasteiger partial charge >= 0.3 is 0 Å². The summed E-state index contributed by atoms with van der Waals surface area (Å²) in [5, 5.41) is 2.85. The molecule has 0 aliphatic carbocycles. The van der Waals surface area contributed by atoms with Gasteiger partial charge in [-0.2, -0.15) is 0 Å². The number of ether oxygens (including phenoxy) is 1. The summed E-state index contributed by atoms with van der Waals surface area (Å²) >= 11 is 3.37. The highest BCUT2D eigenvalue weighted by Crippen LogP contribution is 2.17. The van der Waals surface area contributed by atoms with Gasteiger partial charge in [0.05, 0.1) is 13.5 Å². The molecule has 0 aromatic heterocycles. The van der Waals surface area contributed by atoms with E-state index in [-0.39, 0.29) is 5.91 Å². The van der Waals surface area contributed by atoms with Crippen molar-refractivity contribution in [3.05, 3.63) is 58.6 Å². The zero-order chi connectivity index (χ0) is 13.7. The Kier molecular flexibility index (Phi) is 4.58. The Bertz CT molecular complexity index is 567. The van der Waals surface area contributed by atoms with Gasteiger partial charge in [0.1, 0.15) is 5.75 Å². The van der Waals surface area contributed by atoms with E-state index in [0.29, 0.717) is 6.42 Å². The van der Waals surface area contributed by atoms with Crippen molar-refractivity contribution < 1.29 is 9.53 Å². The minimum absolute atomic E-state index is 0.0458. The van der Waals surface area contributed by atoms with Crippen LogP contribution in [-0.4, -0.2) is 13.0 Å². The summed E-state index contributed by atoms with van der Waals surface area (Å²) in [5.74, 6) is 0.678. The van der Waals surface area contributed by atoms with Crippen LogP contribution in [0, 0.1) is 0 Å². The average Bonchev–Trinajstić information content (AvgIpc) is 2.41. The predicted octanol–water partition coefficient (Wildman–Crippen LogP) is 3.64. The van der Waals surface area contributed by atoms with Crippen LogP contribution in [0.3, 0.4) is 0 Å². The zero-order valence-corrected chi connectivity index (χ0v) is 12.1. The summed E-state index contributed by atoms with van der Waals surface area (Å²) in [6.07, 6.45) is 0.352. The Morgan fingerprint density at radius 2 is 1.95 bits per heavy atom. The van der Waals surface area contributed by atoms with E-state index in [1.165, 1.54) is 0 Å². The molecule has 0 saturated carbocycles. The van der Waals surface area contributed by atoms with Gasteiger partial charge < -0.3 is 10.1 Å². The van der Waals surface area contributed by atoms with Crippen LogP contribution >= 0.6 is 15.9 Å². The maximum atomic E-state index is 11.9. The molecule has 1 amide bonds. The molecule has 0 atom stereocenters. The van der Waals surface area contributed by atoms with Crippen LogP contribution in [0.2, 0.25) is 0 Å². The fourth-order valence-electron chi connectivity index (χ4n) is 1.69. The number of methoxy groups -OCH3 is 1. The predicted molar refractivity (Wildman–Crippen MR) is 79.5 cm³/mol. The van der Waals surface area contributed by atoms with Crippen LogP contribution in [0.25, 0.3) is 0 Å². The van der Waals surface area contributed by atoms with Crippen molar-refractivity contribution in [1.29, 1.82) is 0 Å². The van der Waals surface area contributed by atoms with Gasteiger partial charge in [0, 0.05) is 16.2 Å². The first-order valence-corrected chi connectivity index (χ1v) is 6.65. The minimum atomic E-state index is -0.0458. The van der Waals surface area contributed by atoms with E-state index >= 15 is 0 Å². The Morgan fingerprint density at radius 3 is 2.63 bits per heavy atom. The third kappa shape index (κ3) is 4.10. The summed E-state index contributed by atoms with van der Waals surface area (Å²) in [6, 6.07) is 15.0. The SMILES string of the molecule is COc1cccc(NC(=O)Cc2ccc(Br)cc2)c1. The number of hydrogen-bond donors (Lipinski definition) is 1. The number of hydrogen-bond acceptors (Lipinski definition) is 2. The fourth-order valence-corrected chi connectivity index (χ4v) is 1.96. The Hall–Kier alpha value is -1.81. The van der Waals surface area contributed by atoms with Gasteiger partial charge in [-0.3, -0.25) is 4.79 Å². The molecule has 19 heavy (non-hydrogen) atoms. The number of amides is 1. The molecule has 2 rings (SSSR count). The molecule has 0 fully saturated rings. The quantitative estimate of drug-likeness (QED) is 0.934. The van der Waals surface area contributed by atoms with Crippen molar-refractivity contribution >= 4 is 27.5 Å². The van der Waals surface area contributed by atoms with Crippen molar-refractivity contribution in [3.63, 3.8) is 0 Å². The highest BCUT2D eigenvalue weighted by Gasteiger charge is 2.04. The van der Waals surface area contributed by atoms with E-state index in [4.69, 9.17) is 4.74 Å². The molecule has 1 N–H and O–H groups in total. The van der Waals surface area contributed by atoms with Gasteiger partial charge in [-0.25, -0.2) is 0 Å². The van der Waals surface area contributed by atoms with E-state index in [2.05, 4.69) is 21.2 Å². The average molecular weight is 320 g/mol. The van der Waals surface area contributed by atoms with Crippen molar-refractivity contribution in [2.75, 3.05) is 12.4 Å². The second kappa shape index (κ2) is 6.38. The van der Waals surface area contributed by atoms with E-state index in [1.807, 2.05) is 42.5 Å². The molecule has 2 aromatic rings. The molecular weight excluding hydrogens is 306 g/mol. The maximum Gasteiger partial charge on any atom is 0.228 e. The number of halogens is 1. The topological polar surface area (TPSA) is 38.3 Å². The molecule has 0 unspecified atom stereocenters. The van der Waals surface area contributed by atoms with Gasteiger partial charge in [-0.15, -0.1) is 0 Å². The number of benzene rings is 2. The lowest BCUT2D eigenvalue weighted by molar-refractivity contribution is -0.115. The molecule has 0 spiro atoms. The third-order valence-corrected chi connectivity index (χ3v) is 3.16. The van der Waals surface area contributed by atoms with Crippen LogP contribution in [0.5, 0.6) is 5.75 Å². The van der Waals surface area contributed by atoms with Gasteiger partial charge in [0.15, 0.2) is 0 Å². The van der Waals surface area contributed by atoms with E-state index in [9.17, 15) is 4.79 Å². The van der Waals surface area contributed by atoms with Gasteiger partial charge in [0.2, 0.25) is 5.91 Å². The molecular formula is C15H14BrNO2. The number of carbonyl (C=O) groups excluding carboxylic acids is 1. The smallest absolute Gasteiger partial charge is 0.228 e. The molecule has 0 heterocycles. The number of rotatable bonds is 4. The van der Waals surface area contributed by atoms with Crippen molar-refractivity contribution in [3.8, 4) is 5.75 Å². The summed E-state index contributed by atoms with van der Waals surface area (Å²) in [7, 11) is 1.60. The van der Waals surface area contributed by atoms with E-state index < -0.39 is 0 Å². The first-order chi connectivity index (χ1) is 9.17. The Labute approximate surface area is 120 Å². The minimum Gasteiger partial charge on any atom is -0.497 e. The standard InChI is InChI=1S/C15H14BrNO2/c1-19-14-4-2-3-13(10-14)17-15(18)9-11-5-7-12(16)8-6-11/h2-8,10H,9H2,1H3,(H,17,18). The molecule has 2 aromatic carbocycles. The summed E-state index contributed by atoms with van der Waals surface area (Å²) < 4.78 is 6.12. The third-order valence-electron chi connectivity index (χ3n) is 2.63. The van der Waals surface area contributed by atoms with Crippen molar-refractivity contribution in [2.45, 2.75) is 6.42 Å². The largest absolute Gasteiger partial charge is 0.497 e. The van der Waals surface area contributed by atoms with Crippen LogP contribution in [-0.2, 0) is 11.2 Å². The molecule has 0 aliphatic rings. The van der Waals surface area contributed by atoms with Gasteiger partial charge in [0.25, 0.3) is 0 Å². The first kappa shape index (κ1) is 13.6. The lowest BCUT2D eigenvalue weighted by atomic mass is 10.1. The second-order valence-corrected chi connectivity index (χ2v) is 5.00. The molecule has 98 valence electrons. The van der Waals surface area contributed by atoms with Crippen LogP contribution < -0.4 is 10.1 Å². The fraction of sp³-hybridized carbons (Fsp3) is 0.133. The molecule has 4 heteroatoms. The Morgan fingerprint density at radius 1 is 1.21 bits per heavy atom. The highest BCUT2D eigenvalue weighted by molar-refractivity contribution is 9.10. The van der Waals surface area contributed by atoms with Gasteiger partial charge in [-0.1, -0.05) is 34.1 Å². The van der Waals surface area contributed by atoms with Crippen LogP contribution in [0.4, 0.5) is 5.69 Å².